The van der Waals surface area contributed by atoms with Gasteiger partial charge in [0.2, 0.25) is 0 Å². The third kappa shape index (κ3) is 5.14. The Balaban J connectivity index is 2.70. The minimum Gasteiger partial charge on any atom is -0.396 e. The first-order chi connectivity index (χ1) is 9.76. The van der Waals surface area contributed by atoms with Gasteiger partial charge in [0.25, 0.3) is 0 Å². The minimum absolute atomic E-state index is 0.257. The number of benzene rings is 1. The van der Waals surface area contributed by atoms with Crippen molar-refractivity contribution in [1.82, 2.24) is 5.32 Å². The summed E-state index contributed by atoms with van der Waals surface area (Å²) in [6.45, 7) is 9.79. The second-order valence-electron chi connectivity index (χ2n) is 5.16. The van der Waals surface area contributed by atoms with Gasteiger partial charge in [0.05, 0.1) is 0 Å². The Morgan fingerprint density at radius 1 is 1.15 bits per heavy atom. The topological polar surface area (TPSA) is 35.5 Å². The molecule has 1 aromatic carbocycles. The van der Waals surface area contributed by atoms with Crippen LogP contribution in [0.4, 0.5) is 5.69 Å². The summed E-state index contributed by atoms with van der Waals surface area (Å²) < 4.78 is 0. The molecule has 1 atom stereocenters. The van der Waals surface area contributed by atoms with E-state index in [0.717, 1.165) is 32.5 Å². The first-order valence-electron chi connectivity index (χ1n) is 7.95. The van der Waals surface area contributed by atoms with Gasteiger partial charge in [-0.2, -0.15) is 0 Å². The van der Waals surface area contributed by atoms with E-state index in [9.17, 15) is 0 Å². The van der Waals surface area contributed by atoms with Gasteiger partial charge in [0, 0.05) is 31.4 Å². The zero-order valence-corrected chi connectivity index (χ0v) is 13.2. The Bertz CT molecular complexity index is 316. The van der Waals surface area contributed by atoms with Crippen LogP contribution in [-0.2, 0) is 0 Å². The molecule has 1 unspecified atom stereocenters. The Morgan fingerprint density at radius 2 is 1.85 bits per heavy atom. The molecule has 20 heavy (non-hydrogen) atoms. The van der Waals surface area contributed by atoms with E-state index in [1.54, 1.807) is 0 Å². The molecular formula is C17H30N2O. The largest absolute Gasteiger partial charge is 0.396 e. The number of hydrogen-bond donors (Lipinski definition) is 2. The van der Waals surface area contributed by atoms with E-state index in [1.165, 1.54) is 17.7 Å². The number of anilines is 1. The van der Waals surface area contributed by atoms with Gasteiger partial charge in [-0.1, -0.05) is 26.0 Å². The van der Waals surface area contributed by atoms with Crippen molar-refractivity contribution in [2.75, 3.05) is 31.1 Å². The number of rotatable bonds is 10. The molecule has 114 valence electrons. The molecule has 3 heteroatoms. The number of hydrogen-bond acceptors (Lipinski definition) is 3. The quantitative estimate of drug-likeness (QED) is 0.689. The molecule has 0 radical (unpaired) electrons. The van der Waals surface area contributed by atoms with Crippen molar-refractivity contribution >= 4 is 5.69 Å². The third-order valence-corrected chi connectivity index (χ3v) is 3.68. The van der Waals surface area contributed by atoms with Crippen molar-refractivity contribution in [3.8, 4) is 0 Å². The van der Waals surface area contributed by atoms with Gasteiger partial charge in [-0.3, -0.25) is 0 Å². The number of nitrogens with zero attached hydrogens (tertiary/aromatic N) is 1. The van der Waals surface area contributed by atoms with Crippen LogP contribution in [0.2, 0.25) is 0 Å². The molecule has 1 aromatic rings. The fourth-order valence-electron chi connectivity index (χ4n) is 2.47. The van der Waals surface area contributed by atoms with Crippen LogP contribution < -0.4 is 10.2 Å². The molecular weight excluding hydrogens is 248 g/mol. The van der Waals surface area contributed by atoms with Crippen LogP contribution in [0.3, 0.4) is 0 Å². The van der Waals surface area contributed by atoms with Crippen LogP contribution in [0.15, 0.2) is 24.3 Å². The highest BCUT2D eigenvalue weighted by atomic mass is 16.3. The van der Waals surface area contributed by atoms with Crippen molar-refractivity contribution in [2.45, 2.75) is 46.1 Å². The van der Waals surface area contributed by atoms with Crippen molar-refractivity contribution in [2.24, 2.45) is 0 Å². The maximum atomic E-state index is 8.95. The Kier molecular flexibility index (Phi) is 8.31. The van der Waals surface area contributed by atoms with E-state index in [1.807, 2.05) is 0 Å². The average molecular weight is 278 g/mol. The molecule has 0 saturated heterocycles. The Hall–Kier alpha value is -1.06. The van der Waals surface area contributed by atoms with Gasteiger partial charge in [-0.15, -0.1) is 0 Å². The lowest BCUT2D eigenvalue weighted by Gasteiger charge is -2.24. The molecule has 3 nitrogen and oxygen atoms in total. The summed E-state index contributed by atoms with van der Waals surface area (Å²) >= 11 is 0. The van der Waals surface area contributed by atoms with Crippen molar-refractivity contribution in [1.29, 1.82) is 0 Å². The summed E-state index contributed by atoms with van der Waals surface area (Å²) in [5.74, 6) is 0. The highest BCUT2D eigenvalue weighted by Gasteiger charge is 2.09. The first-order valence-corrected chi connectivity index (χ1v) is 7.95. The Morgan fingerprint density at radius 3 is 2.35 bits per heavy atom. The van der Waals surface area contributed by atoms with E-state index < -0.39 is 0 Å². The van der Waals surface area contributed by atoms with Crippen molar-refractivity contribution in [3.63, 3.8) is 0 Å². The van der Waals surface area contributed by atoms with Crippen LogP contribution in [-0.4, -0.2) is 31.3 Å². The highest BCUT2D eigenvalue weighted by molar-refractivity contribution is 5.47. The molecule has 0 bridgehead atoms. The van der Waals surface area contributed by atoms with E-state index in [-0.39, 0.29) is 6.61 Å². The zero-order chi connectivity index (χ0) is 14.8. The van der Waals surface area contributed by atoms with Gasteiger partial charge in [-0.05, 0) is 50.4 Å². The number of nitrogens with one attached hydrogen (secondary N) is 1. The molecule has 0 spiro atoms. The Labute approximate surface area is 124 Å². The summed E-state index contributed by atoms with van der Waals surface area (Å²) in [5.41, 5.74) is 2.61. The second kappa shape index (κ2) is 9.78. The van der Waals surface area contributed by atoms with E-state index in [4.69, 9.17) is 5.11 Å². The van der Waals surface area contributed by atoms with Crippen LogP contribution >= 0.6 is 0 Å². The van der Waals surface area contributed by atoms with Gasteiger partial charge >= 0.3 is 0 Å². The maximum Gasteiger partial charge on any atom is 0.0447 e. The molecule has 0 aromatic heterocycles. The summed E-state index contributed by atoms with van der Waals surface area (Å²) in [7, 11) is 0. The van der Waals surface area contributed by atoms with E-state index in [2.05, 4.69) is 55.3 Å². The first kappa shape index (κ1) is 17.0. The van der Waals surface area contributed by atoms with Crippen LogP contribution in [0.5, 0.6) is 0 Å². The van der Waals surface area contributed by atoms with Crippen molar-refractivity contribution in [3.05, 3.63) is 29.8 Å². The fraction of sp³-hybridized carbons (Fsp3) is 0.647. The van der Waals surface area contributed by atoms with Crippen molar-refractivity contribution < 1.29 is 5.11 Å². The molecule has 0 aliphatic rings. The normalized spacial score (nSPS) is 12.4. The smallest absolute Gasteiger partial charge is 0.0447 e. The van der Waals surface area contributed by atoms with Gasteiger partial charge in [-0.25, -0.2) is 0 Å². The second-order valence-corrected chi connectivity index (χ2v) is 5.16. The molecule has 0 aliphatic heterocycles. The third-order valence-electron chi connectivity index (χ3n) is 3.68. The molecule has 0 fully saturated rings. The lowest BCUT2D eigenvalue weighted by molar-refractivity contribution is 0.289. The molecule has 0 heterocycles. The number of aliphatic hydroxyl groups is 1. The predicted molar refractivity (Wildman–Crippen MR) is 87.4 cm³/mol. The molecule has 0 aliphatic carbocycles. The zero-order valence-electron chi connectivity index (χ0n) is 13.2. The summed E-state index contributed by atoms with van der Waals surface area (Å²) in [5, 5.41) is 12.5. The van der Waals surface area contributed by atoms with Crippen LogP contribution in [0.25, 0.3) is 0 Å². The summed E-state index contributed by atoms with van der Waals surface area (Å²) in [6, 6.07) is 9.32. The standard InChI is InChI=1S/C17H30N2O/c1-4-12-18-17(5-2)15-8-10-16(11-9-15)19(6-3)13-7-14-20/h8-11,17-18,20H,4-7,12-14H2,1-3H3. The maximum absolute atomic E-state index is 8.95. The molecule has 2 N–H and O–H groups in total. The fourth-order valence-corrected chi connectivity index (χ4v) is 2.47. The predicted octanol–water partition coefficient (Wildman–Crippen LogP) is 3.35. The van der Waals surface area contributed by atoms with E-state index >= 15 is 0 Å². The number of aliphatic hydroxyl groups excluding tert-OH is 1. The van der Waals surface area contributed by atoms with Crippen LogP contribution in [0.1, 0.15) is 51.6 Å². The lowest BCUT2D eigenvalue weighted by Crippen LogP contribution is -2.25. The molecule has 0 saturated carbocycles. The molecule has 1 rings (SSSR count). The summed E-state index contributed by atoms with van der Waals surface area (Å²) in [6.07, 6.45) is 3.10. The highest BCUT2D eigenvalue weighted by Crippen LogP contribution is 2.21. The van der Waals surface area contributed by atoms with E-state index in [0.29, 0.717) is 6.04 Å². The van der Waals surface area contributed by atoms with Gasteiger partial charge < -0.3 is 15.3 Å². The molecule has 0 amide bonds. The average Bonchev–Trinajstić information content (AvgIpc) is 2.50. The summed E-state index contributed by atoms with van der Waals surface area (Å²) in [4.78, 5) is 2.31. The monoisotopic (exact) mass is 278 g/mol. The lowest BCUT2D eigenvalue weighted by atomic mass is 10.0. The van der Waals surface area contributed by atoms with Crippen LogP contribution in [0, 0.1) is 0 Å². The van der Waals surface area contributed by atoms with Gasteiger partial charge in [0.1, 0.15) is 0 Å². The van der Waals surface area contributed by atoms with Gasteiger partial charge in [0.15, 0.2) is 0 Å². The minimum atomic E-state index is 0.257. The SMILES string of the molecule is CCCNC(CC)c1ccc(N(CC)CCCO)cc1.